The summed E-state index contributed by atoms with van der Waals surface area (Å²) in [6, 6.07) is 5.58. The normalized spacial score (nSPS) is 12.9. The molecular formula is C9H12BrClN2O. The van der Waals surface area contributed by atoms with Crippen molar-refractivity contribution < 1.29 is 4.84 Å². The quantitative estimate of drug-likeness (QED) is 0.827. The van der Waals surface area contributed by atoms with Gasteiger partial charge in [0, 0.05) is 15.5 Å². The van der Waals surface area contributed by atoms with Crippen LogP contribution in [0, 0.1) is 0 Å². The van der Waals surface area contributed by atoms with E-state index in [1.54, 1.807) is 0 Å². The van der Waals surface area contributed by atoms with Gasteiger partial charge in [0.1, 0.15) is 0 Å². The van der Waals surface area contributed by atoms with Crippen molar-refractivity contribution in [2.75, 3.05) is 6.61 Å². The van der Waals surface area contributed by atoms with Gasteiger partial charge in [0.15, 0.2) is 0 Å². The maximum Gasteiger partial charge on any atom is 0.0833 e. The summed E-state index contributed by atoms with van der Waals surface area (Å²) in [4.78, 5) is 4.46. The van der Waals surface area contributed by atoms with Gasteiger partial charge in [-0.3, -0.25) is 0 Å². The fourth-order valence-corrected chi connectivity index (χ4v) is 1.90. The number of hydrogen-bond donors (Lipinski definition) is 2. The molecule has 0 saturated heterocycles. The lowest BCUT2D eigenvalue weighted by atomic mass is 10.1. The molecule has 0 unspecified atom stereocenters. The molecule has 0 aliphatic heterocycles. The summed E-state index contributed by atoms with van der Waals surface area (Å²) >= 11 is 9.35. The topological polar surface area (TPSA) is 61.3 Å². The van der Waals surface area contributed by atoms with Gasteiger partial charge in [-0.15, -0.1) is 0 Å². The summed E-state index contributed by atoms with van der Waals surface area (Å²) in [5.41, 5.74) is 6.75. The highest BCUT2D eigenvalue weighted by molar-refractivity contribution is 9.10. The van der Waals surface area contributed by atoms with Crippen LogP contribution in [0.15, 0.2) is 22.7 Å². The lowest BCUT2D eigenvalue weighted by molar-refractivity contribution is 0.124. The zero-order valence-corrected chi connectivity index (χ0v) is 9.88. The highest BCUT2D eigenvalue weighted by Crippen LogP contribution is 2.22. The first-order valence-electron chi connectivity index (χ1n) is 4.14. The van der Waals surface area contributed by atoms with E-state index in [-0.39, 0.29) is 6.04 Å². The van der Waals surface area contributed by atoms with Crippen molar-refractivity contribution in [1.29, 1.82) is 0 Å². The summed E-state index contributed by atoms with van der Waals surface area (Å²) in [5.74, 6) is 4.92. The molecule has 0 spiro atoms. The van der Waals surface area contributed by atoms with Crippen molar-refractivity contribution in [3.63, 3.8) is 0 Å². The minimum atomic E-state index is -0.126. The van der Waals surface area contributed by atoms with E-state index in [0.717, 1.165) is 10.0 Å². The van der Waals surface area contributed by atoms with Crippen molar-refractivity contribution in [3.05, 3.63) is 33.3 Å². The van der Waals surface area contributed by atoms with E-state index in [1.807, 2.05) is 18.2 Å². The van der Waals surface area contributed by atoms with Crippen molar-refractivity contribution in [2.45, 2.75) is 12.5 Å². The molecule has 0 saturated carbocycles. The van der Waals surface area contributed by atoms with E-state index in [4.69, 9.17) is 23.2 Å². The first-order chi connectivity index (χ1) is 6.63. The molecule has 0 fully saturated rings. The molecule has 0 bridgehead atoms. The third-order valence-corrected chi connectivity index (χ3v) is 2.65. The van der Waals surface area contributed by atoms with Crippen LogP contribution >= 0.6 is 27.5 Å². The van der Waals surface area contributed by atoms with Crippen LogP contribution in [0.1, 0.15) is 5.56 Å². The Morgan fingerprint density at radius 1 is 1.50 bits per heavy atom. The van der Waals surface area contributed by atoms with Crippen LogP contribution in [-0.2, 0) is 11.3 Å². The van der Waals surface area contributed by atoms with Gasteiger partial charge in [0.05, 0.1) is 6.61 Å². The lowest BCUT2D eigenvalue weighted by Gasteiger charge is -2.11. The zero-order chi connectivity index (χ0) is 10.6. The smallest absolute Gasteiger partial charge is 0.0833 e. The van der Waals surface area contributed by atoms with E-state index in [9.17, 15) is 0 Å². The lowest BCUT2D eigenvalue weighted by Crippen LogP contribution is -2.30. The first-order valence-corrected chi connectivity index (χ1v) is 5.31. The molecule has 1 aromatic rings. The molecule has 0 amide bonds. The number of benzene rings is 1. The molecule has 0 aromatic heterocycles. The molecule has 0 aliphatic rings. The van der Waals surface area contributed by atoms with E-state index in [0.29, 0.717) is 18.1 Å². The second-order valence-corrected chi connectivity index (χ2v) is 4.36. The monoisotopic (exact) mass is 278 g/mol. The second-order valence-electron chi connectivity index (χ2n) is 3.03. The molecule has 1 atom stereocenters. The Balaban J connectivity index is 2.67. The Labute approximate surface area is 96.4 Å². The number of rotatable bonds is 4. The van der Waals surface area contributed by atoms with Gasteiger partial charge in [-0.1, -0.05) is 33.6 Å². The van der Waals surface area contributed by atoms with Crippen LogP contribution in [0.4, 0.5) is 0 Å². The summed E-state index contributed by atoms with van der Waals surface area (Å²) in [5, 5.41) is 0.701. The van der Waals surface area contributed by atoms with E-state index >= 15 is 0 Å². The molecule has 0 heterocycles. The average Bonchev–Trinajstić information content (AvgIpc) is 2.10. The fraction of sp³-hybridized carbons (Fsp3) is 0.333. The summed E-state index contributed by atoms with van der Waals surface area (Å²) in [6.07, 6.45) is 0.656. The number of nitrogens with two attached hydrogens (primary N) is 2. The van der Waals surface area contributed by atoms with Crippen LogP contribution in [0.3, 0.4) is 0 Å². The predicted molar refractivity (Wildman–Crippen MR) is 61.0 cm³/mol. The predicted octanol–water partition coefficient (Wildman–Crippen LogP) is 1.86. The van der Waals surface area contributed by atoms with Gasteiger partial charge >= 0.3 is 0 Å². The molecule has 0 aliphatic carbocycles. The van der Waals surface area contributed by atoms with E-state index in [2.05, 4.69) is 20.8 Å². The Morgan fingerprint density at radius 3 is 2.79 bits per heavy atom. The Hall–Kier alpha value is -0.130. The van der Waals surface area contributed by atoms with E-state index in [1.165, 1.54) is 0 Å². The van der Waals surface area contributed by atoms with Gasteiger partial charge in [-0.25, -0.2) is 5.90 Å². The number of halogens is 2. The number of hydrogen-bond acceptors (Lipinski definition) is 3. The highest BCUT2D eigenvalue weighted by atomic mass is 79.9. The van der Waals surface area contributed by atoms with Crippen molar-refractivity contribution in [3.8, 4) is 0 Å². The van der Waals surface area contributed by atoms with Crippen molar-refractivity contribution in [2.24, 2.45) is 11.6 Å². The largest absolute Gasteiger partial charge is 0.325 e. The van der Waals surface area contributed by atoms with Gasteiger partial charge in [0.2, 0.25) is 0 Å². The molecular weight excluding hydrogens is 267 g/mol. The third-order valence-electron chi connectivity index (χ3n) is 1.81. The summed E-state index contributed by atoms with van der Waals surface area (Å²) in [7, 11) is 0. The Bertz CT molecular complexity index is 309. The minimum Gasteiger partial charge on any atom is -0.325 e. The van der Waals surface area contributed by atoms with Crippen molar-refractivity contribution >= 4 is 27.5 Å². The summed E-state index contributed by atoms with van der Waals surface area (Å²) in [6.45, 7) is 0.326. The molecule has 1 rings (SSSR count). The van der Waals surface area contributed by atoms with Crippen LogP contribution in [0.2, 0.25) is 5.02 Å². The average molecular weight is 280 g/mol. The van der Waals surface area contributed by atoms with Crippen LogP contribution in [0.25, 0.3) is 0 Å². The van der Waals surface area contributed by atoms with Crippen molar-refractivity contribution in [1.82, 2.24) is 0 Å². The maximum atomic E-state index is 6.02. The molecule has 3 nitrogen and oxygen atoms in total. The van der Waals surface area contributed by atoms with Crippen LogP contribution in [0.5, 0.6) is 0 Å². The third kappa shape index (κ3) is 3.55. The van der Waals surface area contributed by atoms with E-state index < -0.39 is 0 Å². The SMILES string of the molecule is NOC[C@H](N)Cc1ccc(Br)cc1Cl. The molecule has 1 aromatic carbocycles. The minimum absolute atomic E-state index is 0.126. The molecule has 0 radical (unpaired) electrons. The second kappa shape index (κ2) is 5.68. The molecule has 4 N–H and O–H groups in total. The fourth-order valence-electron chi connectivity index (χ4n) is 1.15. The molecule has 5 heteroatoms. The van der Waals surface area contributed by atoms with Gasteiger partial charge in [0.25, 0.3) is 0 Å². The standard InChI is InChI=1S/C9H12BrClN2O/c10-7-2-1-6(9(11)4-7)3-8(12)5-14-13/h1-2,4,8H,3,5,12-13H2/t8-/m1/s1. The highest BCUT2D eigenvalue weighted by Gasteiger charge is 2.07. The maximum absolute atomic E-state index is 6.02. The van der Waals surface area contributed by atoms with Gasteiger partial charge in [-0.05, 0) is 24.1 Å². The summed E-state index contributed by atoms with van der Waals surface area (Å²) < 4.78 is 0.954. The Morgan fingerprint density at radius 2 is 2.21 bits per heavy atom. The van der Waals surface area contributed by atoms with Crippen LogP contribution in [-0.4, -0.2) is 12.6 Å². The Kier molecular flexibility index (Phi) is 4.84. The molecule has 78 valence electrons. The van der Waals surface area contributed by atoms with Gasteiger partial charge in [-0.2, -0.15) is 0 Å². The van der Waals surface area contributed by atoms with Gasteiger partial charge < -0.3 is 10.6 Å². The first kappa shape index (κ1) is 11.9. The molecule has 14 heavy (non-hydrogen) atoms. The van der Waals surface area contributed by atoms with Crippen LogP contribution < -0.4 is 11.6 Å². The zero-order valence-electron chi connectivity index (χ0n) is 7.54.